The molecule has 0 atom stereocenters. The minimum atomic E-state index is -0.422. The molecule has 0 aliphatic heterocycles. The smallest absolute Gasteiger partial charge is 0.262 e. The number of methoxy groups -OCH3 is 3. The van der Waals surface area contributed by atoms with E-state index in [1.165, 1.54) is 33.5 Å². The van der Waals surface area contributed by atoms with Gasteiger partial charge in [-0.1, -0.05) is 11.6 Å². The Labute approximate surface area is 155 Å². The molecule has 2 aromatic rings. The van der Waals surface area contributed by atoms with Gasteiger partial charge in [-0.2, -0.15) is 0 Å². The zero-order valence-corrected chi connectivity index (χ0v) is 15.3. The lowest BCUT2D eigenvalue weighted by Crippen LogP contribution is -2.20. The zero-order valence-electron chi connectivity index (χ0n) is 14.5. The maximum absolute atomic E-state index is 12.2. The average Bonchev–Trinajstić information content (AvgIpc) is 2.67. The van der Waals surface area contributed by atoms with Crippen molar-refractivity contribution in [3.63, 3.8) is 0 Å². The first-order valence-corrected chi connectivity index (χ1v) is 7.87. The first kappa shape index (κ1) is 19.4. The monoisotopic (exact) mass is 379 g/mol. The number of halogens is 1. The van der Waals surface area contributed by atoms with Gasteiger partial charge >= 0.3 is 0 Å². The van der Waals surface area contributed by atoms with Crippen LogP contribution in [0, 0.1) is 0 Å². The van der Waals surface area contributed by atoms with Crippen LogP contribution in [0.25, 0.3) is 0 Å². The van der Waals surface area contributed by atoms with E-state index in [0.29, 0.717) is 45.6 Å². The molecule has 0 unspecified atom stereocenters. The quantitative estimate of drug-likeness (QED) is 0.709. The van der Waals surface area contributed by atoms with E-state index in [-0.39, 0.29) is 6.61 Å². The van der Waals surface area contributed by atoms with Gasteiger partial charge in [0.2, 0.25) is 0 Å². The number of hydrogen-bond donors (Lipinski definition) is 1. The standard InChI is InChI=1S/C18H18ClNO6/c1-23-15-8-13(16(24-2)7-12(15)19)20-18(22)10-26-14-5-4-11(9-21)6-17(14)25-3/h4-9H,10H2,1-3H3,(H,20,22). The number of carbonyl (C=O) groups excluding carboxylic acids is 2. The summed E-state index contributed by atoms with van der Waals surface area (Å²) in [5.41, 5.74) is 0.835. The highest BCUT2D eigenvalue weighted by Crippen LogP contribution is 2.36. The van der Waals surface area contributed by atoms with Gasteiger partial charge in [-0.25, -0.2) is 0 Å². The third kappa shape index (κ3) is 4.58. The Bertz CT molecular complexity index is 809. The van der Waals surface area contributed by atoms with E-state index in [9.17, 15) is 9.59 Å². The van der Waals surface area contributed by atoms with Gasteiger partial charge in [-0.15, -0.1) is 0 Å². The fraction of sp³-hybridized carbons (Fsp3) is 0.222. The molecule has 0 spiro atoms. The van der Waals surface area contributed by atoms with E-state index in [0.717, 1.165) is 0 Å². The summed E-state index contributed by atoms with van der Waals surface area (Å²) in [6.07, 6.45) is 0.694. The Balaban J connectivity index is 2.09. The molecule has 2 rings (SSSR count). The third-order valence-electron chi connectivity index (χ3n) is 3.43. The molecule has 0 saturated carbocycles. The fourth-order valence-electron chi connectivity index (χ4n) is 2.16. The Morgan fingerprint density at radius 3 is 2.31 bits per heavy atom. The fourth-order valence-corrected chi connectivity index (χ4v) is 2.40. The molecule has 0 radical (unpaired) electrons. The van der Waals surface area contributed by atoms with Gasteiger partial charge in [-0.05, 0) is 18.2 Å². The number of anilines is 1. The average molecular weight is 380 g/mol. The maximum atomic E-state index is 12.2. The third-order valence-corrected chi connectivity index (χ3v) is 3.73. The van der Waals surface area contributed by atoms with Crippen LogP contribution in [0.15, 0.2) is 30.3 Å². The first-order chi connectivity index (χ1) is 12.5. The van der Waals surface area contributed by atoms with E-state index >= 15 is 0 Å². The Morgan fingerprint density at radius 1 is 1.00 bits per heavy atom. The summed E-state index contributed by atoms with van der Waals surface area (Å²) in [5.74, 6) is 1.06. The van der Waals surface area contributed by atoms with Crippen molar-refractivity contribution >= 4 is 29.5 Å². The van der Waals surface area contributed by atoms with Crippen LogP contribution in [-0.2, 0) is 4.79 Å². The Kier molecular flexibility index (Phi) is 6.68. The highest BCUT2D eigenvalue weighted by atomic mass is 35.5. The molecule has 0 saturated heterocycles. The topological polar surface area (TPSA) is 83.1 Å². The van der Waals surface area contributed by atoms with Crippen LogP contribution >= 0.6 is 11.6 Å². The molecule has 1 amide bonds. The highest BCUT2D eigenvalue weighted by Gasteiger charge is 2.14. The molecule has 138 valence electrons. The predicted molar refractivity (Wildman–Crippen MR) is 97.1 cm³/mol. The van der Waals surface area contributed by atoms with Crippen LogP contribution in [-0.4, -0.2) is 40.1 Å². The van der Waals surface area contributed by atoms with Gasteiger partial charge in [0.05, 0.1) is 32.0 Å². The number of rotatable bonds is 8. The molecule has 0 aliphatic carbocycles. The number of benzene rings is 2. The van der Waals surface area contributed by atoms with E-state index in [2.05, 4.69) is 5.32 Å². The van der Waals surface area contributed by atoms with Crippen LogP contribution in [0.3, 0.4) is 0 Å². The molecular formula is C18H18ClNO6. The van der Waals surface area contributed by atoms with Gasteiger partial charge in [-0.3, -0.25) is 9.59 Å². The minimum Gasteiger partial charge on any atom is -0.495 e. The second-order valence-corrected chi connectivity index (χ2v) is 5.46. The number of carbonyl (C=O) groups is 2. The highest BCUT2D eigenvalue weighted by molar-refractivity contribution is 6.32. The number of aldehydes is 1. The molecular weight excluding hydrogens is 362 g/mol. The van der Waals surface area contributed by atoms with Crippen molar-refractivity contribution in [3.05, 3.63) is 40.9 Å². The van der Waals surface area contributed by atoms with Crippen molar-refractivity contribution in [1.29, 1.82) is 0 Å². The number of ether oxygens (including phenoxy) is 4. The van der Waals surface area contributed by atoms with Crippen molar-refractivity contribution in [1.82, 2.24) is 0 Å². The normalized spacial score (nSPS) is 10.0. The molecule has 2 aromatic carbocycles. The molecule has 7 nitrogen and oxygen atoms in total. The summed E-state index contributed by atoms with van der Waals surface area (Å²) in [5, 5.41) is 3.03. The van der Waals surface area contributed by atoms with Crippen LogP contribution in [0.2, 0.25) is 5.02 Å². The summed E-state index contributed by atoms with van der Waals surface area (Å²) in [7, 11) is 4.38. The van der Waals surface area contributed by atoms with Crippen molar-refractivity contribution in [2.75, 3.05) is 33.3 Å². The van der Waals surface area contributed by atoms with E-state index < -0.39 is 5.91 Å². The van der Waals surface area contributed by atoms with Crippen molar-refractivity contribution < 1.29 is 28.5 Å². The van der Waals surface area contributed by atoms with Crippen molar-refractivity contribution in [2.24, 2.45) is 0 Å². The lowest BCUT2D eigenvalue weighted by molar-refractivity contribution is -0.118. The van der Waals surface area contributed by atoms with Crippen molar-refractivity contribution in [2.45, 2.75) is 0 Å². The number of nitrogens with one attached hydrogen (secondary N) is 1. The van der Waals surface area contributed by atoms with Gasteiger partial charge < -0.3 is 24.3 Å². The molecule has 0 bridgehead atoms. The summed E-state index contributed by atoms with van der Waals surface area (Å²) < 4.78 is 21.0. The van der Waals surface area contributed by atoms with Crippen LogP contribution in [0.4, 0.5) is 5.69 Å². The molecule has 0 aromatic heterocycles. The van der Waals surface area contributed by atoms with Gasteiger partial charge in [0.1, 0.15) is 17.8 Å². The molecule has 0 fully saturated rings. The van der Waals surface area contributed by atoms with Crippen molar-refractivity contribution in [3.8, 4) is 23.0 Å². The Morgan fingerprint density at radius 2 is 1.69 bits per heavy atom. The second kappa shape index (κ2) is 8.96. The molecule has 0 heterocycles. The minimum absolute atomic E-state index is 0.273. The van der Waals surface area contributed by atoms with Gasteiger partial charge in [0.15, 0.2) is 18.1 Å². The largest absolute Gasteiger partial charge is 0.495 e. The van der Waals surface area contributed by atoms with E-state index in [4.69, 9.17) is 30.5 Å². The summed E-state index contributed by atoms with van der Waals surface area (Å²) in [6, 6.07) is 7.74. The molecule has 26 heavy (non-hydrogen) atoms. The summed E-state index contributed by atoms with van der Waals surface area (Å²) >= 11 is 6.04. The lowest BCUT2D eigenvalue weighted by atomic mass is 10.2. The van der Waals surface area contributed by atoms with Gasteiger partial charge in [0, 0.05) is 17.7 Å². The predicted octanol–water partition coefficient (Wildman–Crippen LogP) is 3.20. The maximum Gasteiger partial charge on any atom is 0.262 e. The van der Waals surface area contributed by atoms with E-state index in [1.807, 2.05) is 0 Å². The SMILES string of the molecule is COc1cc(NC(=O)COc2ccc(C=O)cc2OC)c(OC)cc1Cl. The number of hydrogen-bond acceptors (Lipinski definition) is 6. The molecule has 8 heteroatoms. The Hall–Kier alpha value is -2.93. The first-order valence-electron chi connectivity index (χ1n) is 7.49. The lowest BCUT2D eigenvalue weighted by Gasteiger charge is -2.14. The van der Waals surface area contributed by atoms with Gasteiger partial charge in [0.25, 0.3) is 5.91 Å². The molecule has 0 aliphatic rings. The zero-order chi connectivity index (χ0) is 19.1. The van der Waals surface area contributed by atoms with Crippen LogP contribution in [0.1, 0.15) is 10.4 Å². The summed E-state index contributed by atoms with van der Waals surface area (Å²) in [4.78, 5) is 23.0. The summed E-state index contributed by atoms with van der Waals surface area (Å²) in [6.45, 7) is -0.273. The number of amides is 1. The van der Waals surface area contributed by atoms with Crippen LogP contribution < -0.4 is 24.3 Å². The van der Waals surface area contributed by atoms with Crippen LogP contribution in [0.5, 0.6) is 23.0 Å². The second-order valence-electron chi connectivity index (χ2n) is 5.05. The van der Waals surface area contributed by atoms with E-state index in [1.54, 1.807) is 18.2 Å². The molecule has 1 N–H and O–H groups in total.